The highest BCUT2D eigenvalue weighted by Gasteiger charge is 2.62. The van der Waals surface area contributed by atoms with E-state index in [0.717, 1.165) is 56.3 Å². The molecule has 0 saturated heterocycles. The molecule has 4 aliphatic rings. The molecule has 23 heavy (non-hydrogen) atoms. The number of carbonyl (C=O) groups is 1. The van der Waals surface area contributed by atoms with Gasteiger partial charge in [-0.15, -0.1) is 10.2 Å². The van der Waals surface area contributed by atoms with Crippen LogP contribution in [0.1, 0.15) is 37.3 Å². The molecule has 0 unspecified atom stereocenters. The van der Waals surface area contributed by atoms with Gasteiger partial charge < -0.3 is 14.0 Å². The van der Waals surface area contributed by atoms with Crippen LogP contribution in [0.3, 0.4) is 0 Å². The molecule has 3 heterocycles. The largest absolute Gasteiger partial charge is 0.335 e. The Morgan fingerprint density at radius 3 is 2.83 bits per heavy atom. The van der Waals surface area contributed by atoms with Crippen LogP contribution in [0.25, 0.3) is 0 Å². The van der Waals surface area contributed by atoms with E-state index in [-0.39, 0.29) is 5.41 Å². The lowest BCUT2D eigenvalue weighted by atomic mass is 9.44. The Morgan fingerprint density at radius 2 is 2.13 bits per heavy atom. The van der Waals surface area contributed by atoms with Crippen LogP contribution in [0.2, 0.25) is 0 Å². The van der Waals surface area contributed by atoms with Gasteiger partial charge in [-0.25, -0.2) is 4.98 Å². The Labute approximate surface area is 134 Å². The van der Waals surface area contributed by atoms with Crippen LogP contribution in [-0.4, -0.2) is 41.7 Å². The van der Waals surface area contributed by atoms with E-state index in [4.69, 9.17) is 0 Å². The first-order valence-corrected chi connectivity index (χ1v) is 8.40. The van der Waals surface area contributed by atoms with Gasteiger partial charge in [0.1, 0.15) is 0 Å². The van der Waals surface area contributed by atoms with Gasteiger partial charge in [0.05, 0.1) is 24.8 Å². The Morgan fingerprint density at radius 1 is 1.26 bits per heavy atom. The van der Waals surface area contributed by atoms with E-state index in [1.54, 1.807) is 12.5 Å². The molecule has 0 atom stereocenters. The number of fused-ring (bicyclic) bond motifs is 1. The highest BCUT2D eigenvalue weighted by atomic mass is 16.2. The fourth-order valence-electron chi connectivity index (χ4n) is 4.33. The molecule has 0 radical (unpaired) electrons. The maximum absolute atomic E-state index is 12.8. The average Bonchev–Trinajstić information content (AvgIpc) is 3.02. The van der Waals surface area contributed by atoms with Gasteiger partial charge in [-0.1, -0.05) is 0 Å². The molecule has 2 aromatic rings. The van der Waals surface area contributed by atoms with Gasteiger partial charge in [0.2, 0.25) is 5.91 Å². The van der Waals surface area contributed by atoms with Gasteiger partial charge in [-0.2, -0.15) is 0 Å². The second-order valence-electron chi connectivity index (χ2n) is 7.26. The molecule has 6 rings (SSSR count). The SMILES string of the molecule is O=C(N1CCCn2c(nnc2Cn2ccnc2)C1)C12CC(C1)C2. The second-order valence-corrected chi connectivity index (χ2v) is 7.26. The lowest BCUT2D eigenvalue weighted by molar-refractivity contribution is -0.177. The highest BCUT2D eigenvalue weighted by Crippen LogP contribution is 2.65. The molecule has 1 aliphatic heterocycles. The van der Waals surface area contributed by atoms with Gasteiger partial charge in [0, 0.05) is 25.5 Å². The summed E-state index contributed by atoms with van der Waals surface area (Å²) in [5, 5.41) is 8.69. The van der Waals surface area contributed by atoms with Crippen LogP contribution in [0.4, 0.5) is 0 Å². The van der Waals surface area contributed by atoms with Gasteiger partial charge >= 0.3 is 0 Å². The van der Waals surface area contributed by atoms with Crippen LogP contribution >= 0.6 is 0 Å². The molecule has 3 fully saturated rings. The zero-order valence-corrected chi connectivity index (χ0v) is 13.1. The zero-order valence-electron chi connectivity index (χ0n) is 13.1. The number of amides is 1. The third-order valence-electron chi connectivity index (χ3n) is 5.71. The molecule has 3 saturated carbocycles. The zero-order chi connectivity index (χ0) is 15.4. The summed E-state index contributed by atoms with van der Waals surface area (Å²) in [5.41, 5.74) is -0.000498. The predicted molar refractivity (Wildman–Crippen MR) is 81.2 cm³/mol. The second kappa shape index (κ2) is 4.66. The first kappa shape index (κ1) is 13.3. The summed E-state index contributed by atoms with van der Waals surface area (Å²) in [6.07, 6.45) is 9.79. The van der Waals surface area contributed by atoms with Crippen molar-refractivity contribution in [2.24, 2.45) is 11.3 Å². The van der Waals surface area contributed by atoms with E-state index < -0.39 is 0 Å². The quantitative estimate of drug-likeness (QED) is 0.849. The average molecular weight is 312 g/mol. The number of imidazole rings is 1. The van der Waals surface area contributed by atoms with Crippen molar-refractivity contribution in [3.63, 3.8) is 0 Å². The molecule has 0 N–H and O–H groups in total. The molecule has 7 heteroatoms. The minimum atomic E-state index is -0.000498. The van der Waals surface area contributed by atoms with E-state index in [2.05, 4.69) is 19.7 Å². The maximum atomic E-state index is 12.8. The number of aromatic nitrogens is 5. The monoisotopic (exact) mass is 312 g/mol. The fraction of sp³-hybridized carbons (Fsp3) is 0.625. The minimum Gasteiger partial charge on any atom is -0.335 e. The molecule has 0 spiro atoms. The van der Waals surface area contributed by atoms with E-state index in [1.807, 2.05) is 15.7 Å². The third-order valence-corrected chi connectivity index (χ3v) is 5.71. The van der Waals surface area contributed by atoms with E-state index >= 15 is 0 Å². The molecule has 0 aromatic carbocycles. The fourth-order valence-corrected chi connectivity index (χ4v) is 4.33. The lowest BCUT2D eigenvalue weighted by Gasteiger charge is -2.61. The Hall–Kier alpha value is -2.18. The number of rotatable bonds is 3. The Balaban J connectivity index is 1.37. The number of carbonyl (C=O) groups excluding carboxylic acids is 1. The summed E-state index contributed by atoms with van der Waals surface area (Å²) in [5.74, 6) is 3.04. The molecule has 2 aromatic heterocycles. The molecular formula is C16H20N6O. The Kier molecular flexibility index (Phi) is 2.69. The third kappa shape index (κ3) is 1.95. The Bertz CT molecular complexity index is 732. The van der Waals surface area contributed by atoms with Crippen molar-refractivity contribution in [3.05, 3.63) is 30.4 Å². The summed E-state index contributed by atoms with van der Waals surface area (Å²) < 4.78 is 4.17. The predicted octanol–water partition coefficient (Wildman–Crippen LogP) is 1.06. The van der Waals surface area contributed by atoms with Gasteiger partial charge in [0.25, 0.3) is 0 Å². The van der Waals surface area contributed by atoms with Crippen molar-refractivity contribution >= 4 is 5.91 Å². The standard InChI is InChI=1S/C16H20N6O/c23-15(16-6-12(7-16)8-16)21-3-1-4-22-13(18-19-14(22)10-21)9-20-5-2-17-11-20/h2,5,11-12H,1,3-4,6-10H2. The van der Waals surface area contributed by atoms with Crippen LogP contribution in [-0.2, 0) is 24.4 Å². The minimum absolute atomic E-state index is 0.000498. The number of hydrogen-bond donors (Lipinski definition) is 0. The first-order chi connectivity index (χ1) is 11.2. The first-order valence-electron chi connectivity index (χ1n) is 8.40. The van der Waals surface area contributed by atoms with E-state index in [1.165, 1.54) is 0 Å². The van der Waals surface area contributed by atoms with Crippen molar-refractivity contribution < 1.29 is 4.79 Å². The van der Waals surface area contributed by atoms with Crippen molar-refractivity contribution in [1.29, 1.82) is 0 Å². The van der Waals surface area contributed by atoms with Gasteiger partial charge in [-0.3, -0.25) is 4.79 Å². The smallest absolute Gasteiger partial charge is 0.229 e. The van der Waals surface area contributed by atoms with Crippen LogP contribution in [0.5, 0.6) is 0 Å². The van der Waals surface area contributed by atoms with Crippen molar-refractivity contribution in [2.75, 3.05) is 6.54 Å². The molecule has 3 aliphatic carbocycles. The summed E-state index contributed by atoms with van der Waals surface area (Å²) in [6, 6.07) is 0. The number of nitrogens with zero attached hydrogens (tertiary/aromatic N) is 6. The van der Waals surface area contributed by atoms with Crippen molar-refractivity contribution in [1.82, 2.24) is 29.2 Å². The normalized spacial score (nSPS) is 28.5. The van der Waals surface area contributed by atoms with Gasteiger partial charge in [-0.05, 0) is 31.6 Å². The van der Waals surface area contributed by atoms with Gasteiger partial charge in [0.15, 0.2) is 11.6 Å². The lowest BCUT2D eigenvalue weighted by Crippen LogP contribution is -2.61. The van der Waals surface area contributed by atoms with Crippen LogP contribution in [0.15, 0.2) is 18.7 Å². The van der Waals surface area contributed by atoms with E-state index in [0.29, 0.717) is 19.0 Å². The summed E-state index contributed by atoms with van der Waals surface area (Å²) in [4.78, 5) is 18.9. The van der Waals surface area contributed by atoms with Crippen LogP contribution in [0, 0.1) is 11.3 Å². The molecule has 7 nitrogen and oxygen atoms in total. The summed E-state index contributed by atoms with van der Waals surface area (Å²) in [6.45, 7) is 2.99. The molecular weight excluding hydrogens is 292 g/mol. The summed E-state index contributed by atoms with van der Waals surface area (Å²) in [7, 11) is 0. The molecule has 1 amide bonds. The van der Waals surface area contributed by atoms with E-state index in [9.17, 15) is 4.79 Å². The topological polar surface area (TPSA) is 68.8 Å². The van der Waals surface area contributed by atoms with Crippen LogP contribution < -0.4 is 0 Å². The molecule has 2 bridgehead atoms. The van der Waals surface area contributed by atoms with Crippen molar-refractivity contribution in [3.8, 4) is 0 Å². The maximum Gasteiger partial charge on any atom is 0.229 e. The highest BCUT2D eigenvalue weighted by molar-refractivity contribution is 5.85. The molecule has 120 valence electrons. The summed E-state index contributed by atoms with van der Waals surface area (Å²) >= 11 is 0. The number of hydrogen-bond acceptors (Lipinski definition) is 4. The van der Waals surface area contributed by atoms with Crippen molar-refractivity contribution in [2.45, 2.75) is 45.3 Å².